The number of hydrogen-bond donors (Lipinski definition) is 1. The van der Waals surface area contributed by atoms with Gasteiger partial charge in [-0.05, 0) is 0 Å². The summed E-state index contributed by atoms with van der Waals surface area (Å²) in [4.78, 5) is 32.3. The standard InChI is InChI=1S/C9H10O6/c1-4-6(10)14-9(3,8(12)13)15-7(11)5-2/h4-5H,1-2H2,3H3,(H,12,13). The molecule has 0 aliphatic carbocycles. The van der Waals surface area contributed by atoms with Crippen molar-refractivity contribution in [2.24, 2.45) is 0 Å². The third-order valence-corrected chi connectivity index (χ3v) is 1.31. The molecule has 82 valence electrons. The van der Waals surface area contributed by atoms with Crippen molar-refractivity contribution in [3.8, 4) is 0 Å². The van der Waals surface area contributed by atoms with Crippen LogP contribution in [0.25, 0.3) is 0 Å². The second-order valence-corrected chi connectivity index (χ2v) is 2.50. The molecule has 6 heteroatoms. The van der Waals surface area contributed by atoms with E-state index < -0.39 is 23.7 Å². The lowest BCUT2D eigenvalue weighted by Gasteiger charge is -2.23. The molecule has 6 nitrogen and oxygen atoms in total. The maximum absolute atomic E-state index is 10.8. The highest BCUT2D eigenvalue weighted by atomic mass is 16.7. The molecule has 0 radical (unpaired) electrons. The topological polar surface area (TPSA) is 89.9 Å². The molecule has 0 amide bonds. The van der Waals surface area contributed by atoms with E-state index in [1.54, 1.807) is 0 Å². The van der Waals surface area contributed by atoms with Gasteiger partial charge in [0.1, 0.15) is 0 Å². The normalized spacial score (nSPS) is 9.93. The van der Waals surface area contributed by atoms with E-state index in [1.807, 2.05) is 0 Å². The maximum Gasteiger partial charge on any atom is 0.390 e. The van der Waals surface area contributed by atoms with E-state index in [2.05, 4.69) is 22.6 Å². The summed E-state index contributed by atoms with van der Waals surface area (Å²) in [7, 11) is 0. The van der Waals surface area contributed by atoms with Gasteiger partial charge in [-0.15, -0.1) is 0 Å². The summed E-state index contributed by atoms with van der Waals surface area (Å²) in [5.74, 6) is -6.03. The molecule has 0 saturated carbocycles. The molecule has 0 aromatic rings. The molecular formula is C9H10O6. The van der Waals surface area contributed by atoms with Crippen LogP contribution in [0.15, 0.2) is 25.3 Å². The van der Waals surface area contributed by atoms with Gasteiger partial charge < -0.3 is 14.6 Å². The Labute approximate surface area is 85.8 Å². The van der Waals surface area contributed by atoms with Crippen LogP contribution >= 0.6 is 0 Å². The number of esters is 2. The highest BCUT2D eigenvalue weighted by Gasteiger charge is 2.41. The Morgan fingerprint density at radius 2 is 1.47 bits per heavy atom. The Morgan fingerprint density at radius 3 is 1.67 bits per heavy atom. The zero-order valence-corrected chi connectivity index (χ0v) is 8.06. The Morgan fingerprint density at radius 1 is 1.13 bits per heavy atom. The van der Waals surface area contributed by atoms with Crippen LogP contribution in [0.5, 0.6) is 0 Å². The van der Waals surface area contributed by atoms with E-state index in [0.29, 0.717) is 0 Å². The Hall–Kier alpha value is -2.11. The predicted octanol–water partition coefficient (Wildman–Crippen LogP) is 0.246. The van der Waals surface area contributed by atoms with Crippen molar-refractivity contribution in [2.75, 3.05) is 0 Å². The number of ether oxygens (including phenoxy) is 2. The van der Waals surface area contributed by atoms with Gasteiger partial charge in [0, 0.05) is 19.1 Å². The lowest BCUT2D eigenvalue weighted by molar-refractivity contribution is -0.226. The van der Waals surface area contributed by atoms with Gasteiger partial charge in [-0.2, -0.15) is 0 Å². The Balaban J connectivity index is 4.81. The van der Waals surface area contributed by atoms with Gasteiger partial charge in [-0.1, -0.05) is 13.2 Å². The van der Waals surface area contributed by atoms with Gasteiger partial charge in [0.2, 0.25) is 0 Å². The van der Waals surface area contributed by atoms with Crippen molar-refractivity contribution in [1.29, 1.82) is 0 Å². The SMILES string of the molecule is C=CC(=O)OC(C)(OC(=O)C=C)C(=O)O. The molecule has 0 aliphatic rings. The van der Waals surface area contributed by atoms with Crippen LogP contribution in [0.3, 0.4) is 0 Å². The quantitative estimate of drug-likeness (QED) is 0.400. The molecule has 0 rings (SSSR count). The summed E-state index contributed by atoms with van der Waals surface area (Å²) in [6, 6.07) is 0. The first-order valence-electron chi connectivity index (χ1n) is 3.80. The first-order chi connectivity index (χ1) is 6.85. The van der Waals surface area contributed by atoms with Gasteiger partial charge in [0.25, 0.3) is 0 Å². The zero-order chi connectivity index (χ0) is 12.1. The summed E-state index contributed by atoms with van der Waals surface area (Å²) in [5.41, 5.74) is 0. The van der Waals surface area contributed by atoms with Crippen molar-refractivity contribution < 1.29 is 29.0 Å². The molecule has 0 fully saturated rings. The third kappa shape index (κ3) is 3.63. The van der Waals surface area contributed by atoms with Gasteiger partial charge >= 0.3 is 23.7 Å². The molecule has 15 heavy (non-hydrogen) atoms. The average Bonchev–Trinajstić information content (AvgIpc) is 2.16. The minimum absolute atomic E-state index is 0.753. The average molecular weight is 214 g/mol. The van der Waals surface area contributed by atoms with Gasteiger partial charge in [0.05, 0.1) is 0 Å². The number of carboxylic acid groups (broad SMARTS) is 1. The van der Waals surface area contributed by atoms with Crippen LogP contribution in [0.1, 0.15) is 6.92 Å². The molecule has 0 saturated heterocycles. The van der Waals surface area contributed by atoms with E-state index in [4.69, 9.17) is 5.11 Å². The highest BCUT2D eigenvalue weighted by Crippen LogP contribution is 2.14. The van der Waals surface area contributed by atoms with Crippen molar-refractivity contribution in [2.45, 2.75) is 12.7 Å². The Kier molecular flexibility index (Phi) is 4.25. The molecule has 0 bridgehead atoms. The summed E-state index contributed by atoms with van der Waals surface area (Å²) < 4.78 is 8.75. The number of rotatable bonds is 5. The van der Waals surface area contributed by atoms with Gasteiger partial charge in [0.15, 0.2) is 0 Å². The first-order valence-corrected chi connectivity index (χ1v) is 3.80. The summed E-state index contributed by atoms with van der Waals surface area (Å²) >= 11 is 0. The molecule has 0 aromatic heterocycles. The lowest BCUT2D eigenvalue weighted by atomic mass is 10.3. The number of carbonyl (C=O) groups excluding carboxylic acids is 2. The van der Waals surface area contributed by atoms with E-state index in [-0.39, 0.29) is 0 Å². The Bertz CT molecular complexity index is 295. The first kappa shape index (κ1) is 12.9. The fraction of sp³-hybridized carbons (Fsp3) is 0.222. The predicted molar refractivity (Wildman–Crippen MR) is 48.6 cm³/mol. The largest absolute Gasteiger partial charge is 0.475 e. The summed E-state index contributed by atoms with van der Waals surface area (Å²) in [6.45, 7) is 7.07. The smallest absolute Gasteiger partial charge is 0.390 e. The van der Waals surface area contributed by atoms with E-state index in [0.717, 1.165) is 19.1 Å². The monoisotopic (exact) mass is 214 g/mol. The highest BCUT2D eigenvalue weighted by molar-refractivity contribution is 5.89. The van der Waals surface area contributed by atoms with Gasteiger partial charge in [-0.3, -0.25) is 0 Å². The van der Waals surface area contributed by atoms with Crippen LogP contribution in [0.2, 0.25) is 0 Å². The fourth-order valence-electron chi connectivity index (χ4n) is 0.575. The number of carboxylic acids is 1. The minimum atomic E-state index is -2.38. The molecule has 0 aliphatic heterocycles. The molecule has 0 atom stereocenters. The summed E-state index contributed by atoms with van der Waals surface area (Å²) in [6.07, 6.45) is 1.51. The van der Waals surface area contributed by atoms with Crippen LogP contribution < -0.4 is 0 Å². The fourth-order valence-corrected chi connectivity index (χ4v) is 0.575. The number of hydrogen-bond acceptors (Lipinski definition) is 5. The van der Waals surface area contributed by atoms with Crippen molar-refractivity contribution in [1.82, 2.24) is 0 Å². The lowest BCUT2D eigenvalue weighted by Crippen LogP contribution is -2.44. The molecule has 0 unspecified atom stereocenters. The molecule has 1 N–H and O–H groups in total. The van der Waals surface area contributed by atoms with E-state index in [9.17, 15) is 14.4 Å². The van der Waals surface area contributed by atoms with E-state index in [1.165, 1.54) is 0 Å². The van der Waals surface area contributed by atoms with Crippen LogP contribution in [0.4, 0.5) is 0 Å². The summed E-state index contributed by atoms with van der Waals surface area (Å²) in [5, 5.41) is 8.70. The molecule has 0 heterocycles. The van der Waals surface area contributed by atoms with Gasteiger partial charge in [-0.25, -0.2) is 14.4 Å². The number of carbonyl (C=O) groups is 3. The second-order valence-electron chi connectivity index (χ2n) is 2.50. The molecule has 0 aromatic carbocycles. The van der Waals surface area contributed by atoms with Crippen LogP contribution in [0, 0.1) is 0 Å². The van der Waals surface area contributed by atoms with E-state index >= 15 is 0 Å². The third-order valence-electron chi connectivity index (χ3n) is 1.31. The van der Waals surface area contributed by atoms with Crippen molar-refractivity contribution in [3.63, 3.8) is 0 Å². The van der Waals surface area contributed by atoms with Crippen LogP contribution in [-0.2, 0) is 23.9 Å². The molecule has 0 spiro atoms. The van der Waals surface area contributed by atoms with Crippen molar-refractivity contribution >= 4 is 17.9 Å². The maximum atomic E-state index is 10.8. The zero-order valence-electron chi connectivity index (χ0n) is 8.06. The number of aliphatic carboxylic acids is 1. The molecular weight excluding hydrogens is 204 g/mol. The second kappa shape index (κ2) is 4.94. The minimum Gasteiger partial charge on any atom is -0.475 e. The van der Waals surface area contributed by atoms with Crippen LogP contribution in [-0.4, -0.2) is 28.8 Å². The van der Waals surface area contributed by atoms with Crippen molar-refractivity contribution in [3.05, 3.63) is 25.3 Å².